The average Bonchev–Trinajstić information content (AvgIpc) is 2.80. The molecule has 2 aromatic rings. The molecule has 2 atom stereocenters. The zero-order valence-corrected chi connectivity index (χ0v) is 18.2. The van der Waals surface area contributed by atoms with E-state index in [0.29, 0.717) is 11.8 Å². The second-order valence-corrected chi connectivity index (χ2v) is 8.35. The first-order valence-electron chi connectivity index (χ1n) is 9.98. The summed E-state index contributed by atoms with van der Waals surface area (Å²) in [5, 5.41) is 7.67. The summed E-state index contributed by atoms with van der Waals surface area (Å²) in [4.78, 5) is 7.95. The van der Waals surface area contributed by atoms with E-state index < -0.39 is 46.0 Å². The van der Waals surface area contributed by atoms with Crippen LogP contribution in [0.5, 0.6) is 0 Å². The molecular weight excluding hydrogens is 443 g/mol. The molecule has 3 rings (SSSR count). The highest BCUT2D eigenvalue weighted by Gasteiger charge is 2.64. The van der Waals surface area contributed by atoms with E-state index in [1.807, 2.05) is 0 Å². The summed E-state index contributed by atoms with van der Waals surface area (Å²) in [6, 6.07) is 6.45. The van der Waals surface area contributed by atoms with Crippen molar-refractivity contribution in [1.82, 2.24) is 0 Å². The molecular formula is C23H23F5N4O. The molecule has 1 heterocycles. The third-order valence-electron chi connectivity index (χ3n) is 5.68. The molecule has 2 aromatic carbocycles. The number of benzene rings is 2. The topological polar surface area (TPSA) is 83.8 Å². The molecule has 1 aliphatic heterocycles. The van der Waals surface area contributed by atoms with Crippen LogP contribution in [-0.2, 0) is 10.3 Å². The number of amidine groups is 1. The Kier molecular flexibility index (Phi) is 6.43. The molecule has 0 saturated heterocycles. The molecule has 0 radical (unpaired) electrons. The van der Waals surface area contributed by atoms with E-state index in [0.717, 1.165) is 33.1 Å². The first-order valence-corrected chi connectivity index (χ1v) is 9.98. The molecule has 0 fully saturated rings. The standard InChI is InChI=1S/C23H23F5N4O/c1-21(2)23(27,28)22(3,32-20(30)12-33-21)17-8-16(18(25)9-19(17)26)13(10-29)11-31-15-6-4-14(24)5-7-15/h4-11,13,29H,12H2,1-3H3,(H2,30,32). The summed E-state index contributed by atoms with van der Waals surface area (Å²) < 4.78 is 79.1. The van der Waals surface area contributed by atoms with Gasteiger partial charge in [-0.15, -0.1) is 0 Å². The van der Waals surface area contributed by atoms with Crippen molar-refractivity contribution in [3.63, 3.8) is 0 Å². The van der Waals surface area contributed by atoms with Crippen LogP contribution < -0.4 is 5.73 Å². The van der Waals surface area contributed by atoms with Gasteiger partial charge < -0.3 is 15.9 Å². The quantitative estimate of drug-likeness (QED) is 0.466. The summed E-state index contributed by atoms with van der Waals surface area (Å²) in [5.41, 5.74) is 0.590. The van der Waals surface area contributed by atoms with Crippen LogP contribution in [0, 0.1) is 22.9 Å². The normalized spacial score (nSPS) is 23.1. The predicted octanol–water partition coefficient (Wildman–Crippen LogP) is 5.26. The average molecular weight is 466 g/mol. The Labute approximate surface area is 187 Å². The number of nitrogens with two attached hydrogens (primary N) is 1. The van der Waals surface area contributed by atoms with E-state index in [2.05, 4.69) is 9.98 Å². The minimum absolute atomic E-state index is 0.263. The largest absolute Gasteiger partial charge is 0.385 e. The monoisotopic (exact) mass is 466 g/mol. The van der Waals surface area contributed by atoms with Gasteiger partial charge in [-0.2, -0.15) is 0 Å². The van der Waals surface area contributed by atoms with Gasteiger partial charge in [-0.3, -0.25) is 9.98 Å². The van der Waals surface area contributed by atoms with Gasteiger partial charge in [0, 0.05) is 29.6 Å². The highest BCUT2D eigenvalue weighted by Crippen LogP contribution is 2.51. The maximum absolute atomic E-state index is 15.6. The number of rotatable bonds is 5. The van der Waals surface area contributed by atoms with E-state index in [-0.39, 0.29) is 18.0 Å². The van der Waals surface area contributed by atoms with Gasteiger partial charge >= 0.3 is 5.92 Å². The van der Waals surface area contributed by atoms with Gasteiger partial charge in [0.05, 0.1) is 11.6 Å². The van der Waals surface area contributed by atoms with Crippen LogP contribution in [0.4, 0.5) is 27.6 Å². The number of ether oxygens (including phenoxy) is 1. The lowest BCUT2D eigenvalue weighted by molar-refractivity contribution is -0.214. The fourth-order valence-corrected chi connectivity index (χ4v) is 3.65. The maximum atomic E-state index is 15.6. The minimum Gasteiger partial charge on any atom is -0.385 e. The molecule has 176 valence electrons. The molecule has 0 aromatic heterocycles. The minimum atomic E-state index is -3.75. The Morgan fingerprint density at radius 1 is 1.09 bits per heavy atom. The zero-order chi connectivity index (χ0) is 24.6. The summed E-state index contributed by atoms with van der Waals surface area (Å²) in [7, 11) is 0. The van der Waals surface area contributed by atoms with Crippen LogP contribution in [0.2, 0.25) is 0 Å². The summed E-state index contributed by atoms with van der Waals surface area (Å²) >= 11 is 0. The lowest BCUT2D eigenvalue weighted by atomic mass is 9.77. The molecule has 0 saturated carbocycles. The molecule has 5 nitrogen and oxygen atoms in total. The van der Waals surface area contributed by atoms with Crippen LogP contribution in [0.15, 0.2) is 46.4 Å². The van der Waals surface area contributed by atoms with Crippen molar-refractivity contribution in [3.8, 4) is 0 Å². The number of aliphatic imine (C=N–C) groups is 2. The summed E-state index contributed by atoms with van der Waals surface area (Å²) in [6.45, 7) is 2.89. The van der Waals surface area contributed by atoms with Gasteiger partial charge in [-0.25, -0.2) is 22.0 Å². The Balaban J connectivity index is 2.14. The Morgan fingerprint density at radius 2 is 1.73 bits per heavy atom. The number of nitrogens with zero attached hydrogens (tertiary/aromatic N) is 2. The fourth-order valence-electron chi connectivity index (χ4n) is 3.65. The van der Waals surface area contributed by atoms with Crippen molar-refractivity contribution < 1.29 is 26.7 Å². The van der Waals surface area contributed by atoms with E-state index in [4.69, 9.17) is 15.9 Å². The summed E-state index contributed by atoms with van der Waals surface area (Å²) in [6.07, 6.45) is 2.00. The molecule has 10 heteroatoms. The van der Waals surface area contributed by atoms with Crippen molar-refractivity contribution in [1.29, 1.82) is 5.41 Å². The number of hydrogen-bond donors (Lipinski definition) is 2. The molecule has 0 bridgehead atoms. The Hall–Kier alpha value is -3.14. The van der Waals surface area contributed by atoms with Gasteiger partial charge in [0.15, 0.2) is 5.54 Å². The van der Waals surface area contributed by atoms with Crippen LogP contribution in [0.3, 0.4) is 0 Å². The highest BCUT2D eigenvalue weighted by atomic mass is 19.3. The van der Waals surface area contributed by atoms with Crippen molar-refractivity contribution in [2.24, 2.45) is 15.7 Å². The van der Waals surface area contributed by atoms with Crippen molar-refractivity contribution >= 4 is 24.0 Å². The molecule has 33 heavy (non-hydrogen) atoms. The second-order valence-electron chi connectivity index (χ2n) is 8.35. The highest BCUT2D eigenvalue weighted by molar-refractivity contribution is 5.90. The van der Waals surface area contributed by atoms with Crippen molar-refractivity contribution in [3.05, 3.63) is 65.0 Å². The van der Waals surface area contributed by atoms with Gasteiger partial charge in [0.1, 0.15) is 35.5 Å². The number of halogens is 5. The second kappa shape index (κ2) is 8.66. The molecule has 0 aliphatic carbocycles. The van der Waals surface area contributed by atoms with Crippen molar-refractivity contribution in [2.45, 2.75) is 43.8 Å². The van der Waals surface area contributed by atoms with Gasteiger partial charge in [0.2, 0.25) is 0 Å². The van der Waals surface area contributed by atoms with E-state index in [1.165, 1.54) is 30.5 Å². The SMILES string of the molecule is CC1(C)OCC(N)=NC(C)(c2cc(C(C=N)C=Nc3ccc(F)cc3)c(F)cc2F)C1(F)F. The fraction of sp³-hybridized carbons (Fsp3) is 0.348. The van der Waals surface area contributed by atoms with Crippen LogP contribution >= 0.6 is 0 Å². The number of hydrogen-bond acceptors (Lipinski definition) is 5. The molecule has 3 N–H and O–H groups in total. The summed E-state index contributed by atoms with van der Waals surface area (Å²) in [5.74, 6) is -7.91. The van der Waals surface area contributed by atoms with Gasteiger partial charge in [-0.1, -0.05) is 0 Å². The predicted molar refractivity (Wildman–Crippen MR) is 116 cm³/mol. The molecule has 0 amide bonds. The zero-order valence-electron chi connectivity index (χ0n) is 18.2. The third kappa shape index (κ3) is 4.39. The van der Waals surface area contributed by atoms with Gasteiger partial charge in [-0.05, 0) is 51.1 Å². The van der Waals surface area contributed by atoms with Crippen LogP contribution in [0.1, 0.15) is 37.8 Å². The van der Waals surface area contributed by atoms with E-state index in [9.17, 15) is 13.2 Å². The van der Waals surface area contributed by atoms with E-state index in [1.54, 1.807) is 0 Å². The number of nitrogens with one attached hydrogen (secondary N) is 1. The molecule has 2 unspecified atom stereocenters. The first-order chi connectivity index (χ1) is 15.3. The van der Waals surface area contributed by atoms with Crippen LogP contribution in [0.25, 0.3) is 0 Å². The smallest absolute Gasteiger partial charge is 0.304 e. The lowest BCUT2D eigenvalue weighted by Crippen LogP contribution is -2.56. The first kappa shape index (κ1) is 24.5. The lowest BCUT2D eigenvalue weighted by Gasteiger charge is -2.42. The maximum Gasteiger partial charge on any atom is 0.304 e. The van der Waals surface area contributed by atoms with E-state index >= 15 is 8.78 Å². The van der Waals surface area contributed by atoms with Gasteiger partial charge in [0.25, 0.3) is 0 Å². The molecule has 1 aliphatic rings. The Morgan fingerprint density at radius 3 is 2.33 bits per heavy atom. The van der Waals surface area contributed by atoms with Crippen LogP contribution in [-0.4, -0.2) is 36.4 Å². The molecule has 0 spiro atoms. The number of alkyl halides is 2. The third-order valence-corrected chi connectivity index (χ3v) is 5.68. The van der Waals surface area contributed by atoms with Crippen molar-refractivity contribution in [2.75, 3.05) is 6.61 Å². The Bertz CT molecular complexity index is 1110.